The van der Waals surface area contributed by atoms with Gasteiger partial charge in [0.2, 0.25) is 11.8 Å². The molecule has 0 saturated carbocycles. The van der Waals surface area contributed by atoms with Crippen LogP contribution in [0.2, 0.25) is 0 Å². The predicted molar refractivity (Wildman–Crippen MR) is 126 cm³/mol. The molecule has 4 nitrogen and oxygen atoms in total. The first-order chi connectivity index (χ1) is 14.8. The fourth-order valence-corrected chi connectivity index (χ4v) is 4.10. The van der Waals surface area contributed by atoms with Crippen molar-refractivity contribution in [2.24, 2.45) is 5.92 Å². The van der Waals surface area contributed by atoms with Gasteiger partial charge in [0.15, 0.2) is 0 Å². The lowest BCUT2D eigenvalue weighted by Gasteiger charge is -2.31. The molecule has 0 aliphatic heterocycles. The maximum Gasteiger partial charge on any atom is 0.242 e. The fraction of sp³-hybridized carbons (Fsp3) is 0.440. The number of rotatable bonds is 11. The maximum absolute atomic E-state index is 13.2. The van der Waals surface area contributed by atoms with E-state index < -0.39 is 6.04 Å². The Labute approximate surface area is 189 Å². The summed E-state index contributed by atoms with van der Waals surface area (Å²) in [5.41, 5.74) is 3.09. The van der Waals surface area contributed by atoms with Gasteiger partial charge in [0, 0.05) is 18.8 Å². The van der Waals surface area contributed by atoms with Crippen LogP contribution in [0.1, 0.15) is 43.9 Å². The number of amides is 2. The fourth-order valence-electron chi connectivity index (χ4n) is 3.23. The highest BCUT2D eigenvalue weighted by molar-refractivity contribution is 7.99. The summed E-state index contributed by atoms with van der Waals surface area (Å²) in [6.45, 7) is 9.02. The van der Waals surface area contributed by atoms with Crippen LogP contribution in [0.3, 0.4) is 0 Å². The van der Waals surface area contributed by atoms with Gasteiger partial charge in [0.1, 0.15) is 11.9 Å². The standard InChI is InChI=1S/C25H33FN2O2S/c1-5-23(25(30)27-14-18(2)3)28(15-21-9-7-6-8-19(21)4)24(29)17-31-16-20-10-12-22(26)13-11-20/h6-13,18,23H,5,14-17H2,1-4H3,(H,27,30). The van der Waals surface area contributed by atoms with Gasteiger partial charge in [-0.3, -0.25) is 9.59 Å². The Morgan fingerprint density at radius 1 is 1.10 bits per heavy atom. The zero-order chi connectivity index (χ0) is 22.8. The van der Waals surface area contributed by atoms with Crippen molar-refractivity contribution in [3.05, 3.63) is 71.0 Å². The number of halogens is 1. The van der Waals surface area contributed by atoms with Crippen LogP contribution in [-0.4, -0.2) is 35.1 Å². The first-order valence-corrected chi connectivity index (χ1v) is 11.9. The van der Waals surface area contributed by atoms with Crippen molar-refractivity contribution in [3.8, 4) is 0 Å². The van der Waals surface area contributed by atoms with Crippen molar-refractivity contribution in [1.29, 1.82) is 0 Å². The normalized spacial score (nSPS) is 11.9. The highest BCUT2D eigenvalue weighted by Crippen LogP contribution is 2.19. The van der Waals surface area contributed by atoms with Crippen molar-refractivity contribution in [1.82, 2.24) is 10.2 Å². The quantitative estimate of drug-likeness (QED) is 0.534. The van der Waals surface area contributed by atoms with E-state index >= 15 is 0 Å². The summed E-state index contributed by atoms with van der Waals surface area (Å²) in [7, 11) is 0. The zero-order valence-electron chi connectivity index (χ0n) is 18.9. The highest BCUT2D eigenvalue weighted by Gasteiger charge is 2.28. The van der Waals surface area contributed by atoms with Gasteiger partial charge in [-0.2, -0.15) is 0 Å². The molecule has 2 aromatic rings. The minimum atomic E-state index is -0.516. The topological polar surface area (TPSA) is 49.4 Å². The largest absolute Gasteiger partial charge is 0.354 e. The molecule has 0 aromatic heterocycles. The van der Waals surface area contributed by atoms with E-state index in [9.17, 15) is 14.0 Å². The van der Waals surface area contributed by atoms with Crippen LogP contribution in [0, 0.1) is 18.7 Å². The third-order valence-corrected chi connectivity index (χ3v) is 6.07. The molecule has 2 amide bonds. The average Bonchev–Trinajstić information content (AvgIpc) is 2.74. The third kappa shape index (κ3) is 8.02. The summed E-state index contributed by atoms with van der Waals surface area (Å²) >= 11 is 1.48. The molecule has 0 aliphatic carbocycles. The number of nitrogens with one attached hydrogen (secondary N) is 1. The summed E-state index contributed by atoms with van der Waals surface area (Å²) in [5.74, 6) is 0.766. The monoisotopic (exact) mass is 444 g/mol. The Balaban J connectivity index is 2.12. The lowest BCUT2D eigenvalue weighted by atomic mass is 10.1. The van der Waals surface area contributed by atoms with Gasteiger partial charge >= 0.3 is 0 Å². The summed E-state index contributed by atoms with van der Waals surface area (Å²) in [6.07, 6.45) is 0.546. The minimum absolute atomic E-state index is 0.0677. The molecule has 1 N–H and O–H groups in total. The molecule has 0 spiro atoms. The number of aryl methyl sites for hydroxylation is 1. The van der Waals surface area contributed by atoms with E-state index in [0.29, 0.717) is 31.2 Å². The van der Waals surface area contributed by atoms with Gasteiger partial charge < -0.3 is 10.2 Å². The van der Waals surface area contributed by atoms with Gasteiger partial charge in [-0.25, -0.2) is 4.39 Å². The predicted octanol–water partition coefficient (Wildman–Crippen LogP) is 4.95. The van der Waals surface area contributed by atoms with Gasteiger partial charge in [-0.1, -0.05) is 57.2 Å². The summed E-state index contributed by atoms with van der Waals surface area (Å²) in [6, 6.07) is 13.7. The van der Waals surface area contributed by atoms with E-state index in [1.165, 1.54) is 23.9 Å². The first-order valence-electron chi connectivity index (χ1n) is 10.8. The molecule has 0 aliphatic rings. The molecule has 31 heavy (non-hydrogen) atoms. The molecule has 2 rings (SSSR count). The molecular formula is C25H33FN2O2S. The smallest absolute Gasteiger partial charge is 0.242 e. The average molecular weight is 445 g/mol. The molecule has 0 saturated heterocycles. The molecule has 0 heterocycles. The number of nitrogens with zero attached hydrogens (tertiary/aromatic N) is 1. The molecule has 2 aromatic carbocycles. The second-order valence-corrected chi connectivity index (χ2v) is 9.12. The Bertz CT molecular complexity index is 855. The number of hydrogen-bond acceptors (Lipinski definition) is 3. The molecule has 1 unspecified atom stereocenters. The number of carbonyl (C=O) groups is 2. The number of carbonyl (C=O) groups excluding carboxylic acids is 2. The maximum atomic E-state index is 13.2. The van der Waals surface area contributed by atoms with E-state index in [4.69, 9.17) is 0 Å². The Morgan fingerprint density at radius 3 is 2.39 bits per heavy atom. The minimum Gasteiger partial charge on any atom is -0.354 e. The molecule has 6 heteroatoms. The Hall–Kier alpha value is -2.34. The van der Waals surface area contributed by atoms with E-state index in [1.807, 2.05) is 52.0 Å². The number of thioether (sulfide) groups is 1. The van der Waals surface area contributed by atoms with Crippen LogP contribution in [0.15, 0.2) is 48.5 Å². The zero-order valence-corrected chi connectivity index (χ0v) is 19.7. The van der Waals surface area contributed by atoms with E-state index in [-0.39, 0.29) is 23.4 Å². The van der Waals surface area contributed by atoms with Crippen LogP contribution in [0.5, 0.6) is 0 Å². The van der Waals surface area contributed by atoms with Crippen LogP contribution in [-0.2, 0) is 21.9 Å². The SMILES string of the molecule is CCC(C(=O)NCC(C)C)N(Cc1ccccc1C)C(=O)CSCc1ccc(F)cc1. The van der Waals surface area contributed by atoms with Gasteiger partial charge in [-0.05, 0) is 48.1 Å². The first kappa shape index (κ1) is 24.9. The molecule has 1 atom stereocenters. The lowest BCUT2D eigenvalue weighted by Crippen LogP contribution is -2.50. The summed E-state index contributed by atoms with van der Waals surface area (Å²) < 4.78 is 13.1. The molecule has 0 bridgehead atoms. The van der Waals surface area contributed by atoms with Crippen LogP contribution >= 0.6 is 11.8 Å². The molecule has 0 radical (unpaired) electrons. The molecule has 168 valence electrons. The van der Waals surface area contributed by atoms with Crippen molar-refractivity contribution < 1.29 is 14.0 Å². The molecular weight excluding hydrogens is 411 g/mol. The van der Waals surface area contributed by atoms with Crippen LogP contribution < -0.4 is 5.32 Å². The Morgan fingerprint density at radius 2 is 1.77 bits per heavy atom. The Kier molecular flexibility index (Phi) is 10.0. The summed E-state index contributed by atoms with van der Waals surface area (Å²) in [4.78, 5) is 27.8. The van der Waals surface area contributed by atoms with Gasteiger partial charge in [0.25, 0.3) is 0 Å². The van der Waals surface area contributed by atoms with Crippen molar-refractivity contribution >= 4 is 23.6 Å². The van der Waals surface area contributed by atoms with Gasteiger partial charge in [0.05, 0.1) is 5.75 Å². The van der Waals surface area contributed by atoms with Crippen LogP contribution in [0.4, 0.5) is 4.39 Å². The van der Waals surface area contributed by atoms with Crippen molar-refractivity contribution in [2.75, 3.05) is 12.3 Å². The van der Waals surface area contributed by atoms with Crippen LogP contribution in [0.25, 0.3) is 0 Å². The highest BCUT2D eigenvalue weighted by atomic mass is 32.2. The second kappa shape index (κ2) is 12.5. The lowest BCUT2D eigenvalue weighted by molar-refractivity contribution is -0.139. The second-order valence-electron chi connectivity index (χ2n) is 8.13. The van der Waals surface area contributed by atoms with Gasteiger partial charge in [-0.15, -0.1) is 11.8 Å². The van der Waals surface area contributed by atoms with Crippen molar-refractivity contribution in [2.45, 2.75) is 52.5 Å². The van der Waals surface area contributed by atoms with E-state index in [2.05, 4.69) is 5.32 Å². The number of hydrogen-bond donors (Lipinski definition) is 1. The molecule has 0 fully saturated rings. The number of benzene rings is 2. The third-order valence-electron chi connectivity index (χ3n) is 5.08. The van der Waals surface area contributed by atoms with Crippen molar-refractivity contribution in [3.63, 3.8) is 0 Å². The van der Waals surface area contributed by atoms with E-state index in [1.54, 1.807) is 17.0 Å². The van der Waals surface area contributed by atoms with E-state index in [0.717, 1.165) is 16.7 Å². The summed E-state index contributed by atoms with van der Waals surface area (Å²) in [5, 5.41) is 2.98.